The zero-order valence-corrected chi connectivity index (χ0v) is 18.3. The van der Waals surface area contributed by atoms with Crippen molar-refractivity contribution in [1.29, 1.82) is 0 Å². The molecule has 3 aromatic carbocycles. The monoisotopic (exact) mass is 425 g/mol. The molecule has 0 fully saturated rings. The van der Waals surface area contributed by atoms with Gasteiger partial charge in [0.05, 0.1) is 23.8 Å². The summed E-state index contributed by atoms with van der Waals surface area (Å²) in [5.41, 5.74) is 6.23. The first kappa shape index (κ1) is 22.7. The van der Waals surface area contributed by atoms with Crippen LogP contribution in [0, 0.1) is 10.1 Å². The van der Waals surface area contributed by atoms with Gasteiger partial charge in [-0.3, -0.25) is 14.7 Å². The maximum Gasteiger partial charge on any atom is 1.00 e. The van der Waals surface area contributed by atoms with Crippen LogP contribution in [0.15, 0.2) is 63.7 Å². The maximum atomic E-state index is 11.7. The average Bonchev–Trinajstić information content (AvgIpc) is 2.66. The van der Waals surface area contributed by atoms with E-state index in [0.29, 0.717) is 5.39 Å². The Morgan fingerprint density at radius 2 is 1.69 bits per heavy atom. The van der Waals surface area contributed by atoms with Gasteiger partial charge in [0.25, 0.3) is 15.8 Å². The van der Waals surface area contributed by atoms with Crippen LogP contribution in [0.1, 0.15) is 0 Å². The number of anilines is 1. The molecule has 0 spiro atoms. The van der Waals surface area contributed by atoms with Gasteiger partial charge in [0.1, 0.15) is 16.3 Å². The Labute approximate surface area is 187 Å². The summed E-state index contributed by atoms with van der Waals surface area (Å²) in [7, 11) is -3.22. The molecular formula is C17H14N4NaO6S+. The van der Waals surface area contributed by atoms with Crippen LogP contribution in [-0.2, 0) is 10.1 Å². The van der Waals surface area contributed by atoms with Crippen molar-refractivity contribution < 1.29 is 52.2 Å². The number of ether oxygens (including phenoxy) is 1. The van der Waals surface area contributed by atoms with Gasteiger partial charge < -0.3 is 10.5 Å². The number of nitrogen functional groups attached to an aromatic ring is 1. The van der Waals surface area contributed by atoms with E-state index in [-0.39, 0.29) is 68.3 Å². The number of rotatable bonds is 5. The summed E-state index contributed by atoms with van der Waals surface area (Å²) < 4.78 is 38.1. The smallest absolute Gasteiger partial charge is 0.494 e. The first-order valence-corrected chi connectivity index (χ1v) is 9.19. The van der Waals surface area contributed by atoms with Gasteiger partial charge in [0, 0.05) is 16.8 Å². The summed E-state index contributed by atoms with van der Waals surface area (Å²) in [5.74, 6) is 0.104. The number of fused-ring (bicyclic) bond motifs is 1. The second-order valence-electron chi connectivity index (χ2n) is 5.64. The second-order valence-corrected chi connectivity index (χ2v) is 7.03. The summed E-state index contributed by atoms with van der Waals surface area (Å²) in [6.07, 6.45) is 0. The minimum atomic E-state index is -4.54. The van der Waals surface area contributed by atoms with Crippen LogP contribution in [0.4, 0.5) is 22.7 Å². The Hall–Kier alpha value is -2.57. The van der Waals surface area contributed by atoms with Crippen LogP contribution in [-0.4, -0.2) is 25.0 Å². The Morgan fingerprint density at radius 3 is 2.28 bits per heavy atom. The van der Waals surface area contributed by atoms with Crippen molar-refractivity contribution >= 4 is 43.6 Å². The molecular weight excluding hydrogens is 411 g/mol. The normalized spacial score (nSPS) is 11.4. The molecule has 12 heteroatoms. The SMILES string of the molecule is COc1cc([N+](=O)[O-])ccc1N=Nc1cc(S(=O)(=O)O)c2ccccc2c1N.[Na+]. The molecule has 0 atom stereocenters. The number of methoxy groups -OCH3 is 1. The van der Waals surface area contributed by atoms with E-state index in [1.54, 1.807) is 18.2 Å². The van der Waals surface area contributed by atoms with Crippen molar-refractivity contribution in [2.75, 3.05) is 12.8 Å². The third-order valence-electron chi connectivity index (χ3n) is 3.94. The van der Waals surface area contributed by atoms with Crippen molar-refractivity contribution in [3.63, 3.8) is 0 Å². The Balaban J connectivity index is 0.00000300. The first-order chi connectivity index (χ1) is 13.2. The van der Waals surface area contributed by atoms with E-state index < -0.39 is 15.0 Å². The van der Waals surface area contributed by atoms with Gasteiger partial charge in [-0.1, -0.05) is 24.3 Å². The van der Waals surface area contributed by atoms with Crippen molar-refractivity contribution in [2.24, 2.45) is 10.2 Å². The molecule has 3 rings (SSSR count). The Bertz CT molecular complexity index is 1230. The molecule has 0 unspecified atom stereocenters. The number of nitro benzene ring substituents is 1. The summed E-state index contributed by atoms with van der Waals surface area (Å²) in [6.45, 7) is 0. The van der Waals surface area contributed by atoms with E-state index in [1.807, 2.05) is 0 Å². The molecule has 3 aromatic rings. The molecule has 0 aromatic heterocycles. The van der Waals surface area contributed by atoms with E-state index in [4.69, 9.17) is 10.5 Å². The number of nitrogens with two attached hydrogens (primary N) is 1. The van der Waals surface area contributed by atoms with Crippen molar-refractivity contribution in [3.8, 4) is 5.75 Å². The Kier molecular flexibility index (Phi) is 6.93. The molecule has 0 aliphatic carbocycles. The largest absolute Gasteiger partial charge is 1.00 e. The molecule has 0 radical (unpaired) electrons. The zero-order chi connectivity index (χ0) is 20.5. The number of benzene rings is 3. The number of nitrogens with zero attached hydrogens (tertiary/aromatic N) is 3. The molecule has 0 aliphatic rings. The van der Waals surface area contributed by atoms with Gasteiger partial charge in [0.2, 0.25) is 0 Å². The standard InChI is InChI=1S/C17H14N4O6S.Na/c1-27-15-8-10(21(22)23)6-7-13(15)19-20-14-9-16(28(24,25)26)11-4-2-3-5-12(11)17(14)18;/h2-9H,18H2,1H3,(H,24,25,26);/q;+1. The van der Waals surface area contributed by atoms with Crippen LogP contribution in [0.2, 0.25) is 0 Å². The van der Waals surface area contributed by atoms with Crippen LogP contribution in [0.25, 0.3) is 10.8 Å². The molecule has 29 heavy (non-hydrogen) atoms. The van der Waals surface area contributed by atoms with Gasteiger partial charge in [-0.25, -0.2) is 0 Å². The fourth-order valence-electron chi connectivity index (χ4n) is 2.62. The number of hydrogen-bond acceptors (Lipinski definition) is 8. The van der Waals surface area contributed by atoms with Gasteiger partial charge in [-0.15, -0.1) is 10.2 Å². The van der Waals surface area contributed by atoms with E-state index in [1.165, 1.54) is 31.4 Å². The van der Waals surface area contributed by atoms with Crippen molar-refractivity contribution in [2.45, 2.75) is 4.90 Å². The number of nitro groups is 1. The summed E-state index contributed by atoms with van der Waals surface area (Å²) >= 11 is 0. The molecule has 0 amide bonds. The number of azo groups is 1. The predicted molar refractivity (Wildman–Crippen MR) is 102 cm³/mol. The first-order valence-electron chi connectivity index (χ1n) is 7.75. The fourth-order valence-corrected chi connectivity index (χ4v) is 3.33. The summed E-state index contributed by atoms with van der Waals surface area (Å²) in [5, 5.41) is 19.4. The van der Waals surface area contributed by atoms with Crippen LogP contribution in [0.3, 0.4) is 0 Å². The fraction of sp³-hybridized carbons (Fsp3) is 0.0588. The zero-order valence-electron chi connectivity index (χ0n) is 15.4. The van der Waals surface area contributed by atoms with Crippen LogP contribution < -0.4 is 40.0 Å². The van der Waals surface area contributed by atoms with E-state index in [9.17, 15) is 23.1 Å². The molecule has 0 saturated carbocycles. The van der Waals surface area contributed by atoms with Gasteiger partial charge >= 0.3 is 29.6 Å². The molecule has 0 heterocycles. The molecule has 3 N–H and O–H groups in total. The molecule has 144 valence electrons. The van der Waals surface area contributed by atoms with Crippen LogP contribution in [0.5, 0.6) is 5.75 Å². The number of non-ortho nitro benzene ring substituents is 1. The molecule has 0 aliphatic heterocycles. The minimum absolute atomic E-state index is 0. The Morgan fingerprint density at radius 1 is 1.07 bits per heavy atom. The quantitative estimate of drug-likeness (QED) is 0.154. The second kappa shape index (κ2) is 8.84. The number of hydrogen-bond donors (Lipinski definition) is 2. The minimum Gasteiger partial charge on any atom is -0.494 e. The van der Waals surface area contributed by atoms with E-state index >= 15 is 0 Å². The molecule has 10 nitrogen and oxygen atoms in total. The van der Waals surface area contributed by atoms with Gasteiger partial charge in [-0.05, 0) is 12.1 Å². The summed E-state index contributed by atoms with van der Waals surface area (Å²) in [4.78, 5) is 9.92. The topological polar surface area (TPSA) is 157 Å². The van der Waals surface area contributed by atoms with E-state index in [2.05, 4.69) is 10.2 Å². The molecule has 0 bridgehead atoms. The van der Waals surface area contributed by atoms with Crippen molar-refractivity contribution in [3.05, 3.63) is 58.6 Å². The van der Waals surface area contributed by atoms with Crippen LogP contribution >= 0.6 is 0 Å². The molecule has 0 saturated heterocycles. The van der Waals surface area contributed by atoms with E-state index in [0.717, 1.165) is 6.07 Å². The third kappa shape index (κ3) is 4.71. The predicted octanol–water partition coefficient (Wildman–Crippen LogP) is 1.00. The van der Waals surface area contributed by atoms with Gasteiger partial charge in [0.15, 0.2) is 5.75 Å². The summed E-state index contributed by atoms with van der Waals surface area (Å²) in [6, 6.07) is 11.2. The average molecular weight is 425 g/mol. The third-order valence-corrected chi connectivity index (χ3v) is 4.84. The maximum absolute atomic E-state index is 11.7. The van der Waals surface area contributed by atoms with Gasteiger partial charge in [-0.2, -0.15) is 8.42 Å². The van der Waals surface area contributed by atoms with Crippen molar-refractivity contribution in [1.82, 2.24) is 0 Å².